The summed E-state index contributed by atoms with van der Waals surface area (Å²) in [5.41, 5.74) is 9.03. The minimum Gasteiger partial charge on any atom is -0.396 e. The molecule has 12 heteroatoms. The zero-order valence-corrected chi connectivity index (χ0v) is 22.4. The summed E-state index contributed by atoms with van der Waals surface area (Å²) in [6.45, 7) is 6.12. The van der Waals surface area contributed by atoms with E-state index in [1.54, 1.807) is 22.9 Å². The van der Waals surface area contributed by atoms with Crippen LogP contribution in [0, 0.1) is 6.92 Å². The molecule has 2 aliphatic heterocycles. The summed E-state index contributed by atoms with van der Waals surface area (Å²) >= 11 is 0. The fraction of sp³-hybridized carbons (Fsp3) is 0.538. The fourth-order valence-electron chi connectivity index (χ4n) is 5.34. The van der Waals surface area contributed by atoms with Crippen molar-refractivity contribution < 1.29 is 22.1 Å². The molecular weight excluding hydrogens is 517 g/mol. The summed E-state index contributed by atoms with van der Waals surface area (Å²) in [4.78, 5) is 9.20. The number of fused-ring (bicyclic) bond motifs is 1. The van der Waals surface area contributed by atoms with Crippen molar-refractivity contribution in [3.05, 3.63) is 52.3 Å². The van der Waals surface area contributed by atoms with Gasteiger partial charge in [0.1, 0.15) is 0 Å². The minimum atomic E-state index is -4.43. The highest BCUT2D eigenvalue weighted by Crippen LogP contribution is 2.34. The van der Waals surface area contributed by atoms with Gasteiger partial charge in [0, 0.05) is 54.4 Å². The van der Waals surface area contributed by atoms with Gasteiger partial charge >= 0.3 is 6.18 Å². The predicted molar refractivity (Wildman–Crippen MR) is 142 cm³/mol. The van der Waals surface area contributed by atoms with E-state index in [1.807, 2.05) is 0 Å². The Morgan fingerprint density at radius 3 is 2.53 bits per heavy atom. The number of alkyl halides is 3. The van der Waals surface area contributed by atoms with Crippen LogP contribution in [0.1, 0.15) is 40.9 Å². The molecular formula is C26H33F3N6O2S. The Hall–Kier alpha value is -2.70. The minimum absolute atomic E-state index is 0.188. The molecule has 5 rings (SSSR count). The van der Waals surface area contributed by atoms with E-state index in [0.29, 0.717) is 55.6 Å². The molecule has 0 spiro atoms. The highest BCUT2D eigenvalue weighted by Gasteiger charge is 2.33. The molecule has 1 aromatic carbocycles. The molecule has 3 aromatic rings. The number of nitrogen functional groups attached to an aromatic ring is 1. The first-order valence-electron chi connectivity index (χ1n) is 12.8. The number of nitrogens with zero attached hydrogens (tertiary/aromatic N) is 5. The molecule has 0 aliphatic carbocycles. The van der Waals surface area contributed by atoms with E-state index in [2.05, 4.69) is 9.80 Å². The summed E-state index contributed by atoms with van der Waals surface area (Å²) in [5.74, 6) is 0.690. The number of ether oxygens (including phenoxy) is 1. The van der Waals surface area contributed by atoms with E-state index in [1.165, 1.54) is 13.0 Å². The van der Waals surface area contributed by atoms with Crippen LogP contribution in [0.2, 0.25) is 0 Å². The van der Waals surface area contributed by atoms with Crippen LogP contribution in [0.4, 0.5) is 24.7 Å². The molecule has 2 fully saturated rings. The summed E-state index contributed by atoms with van der Waals surface area (Å²) in [5, 5.41) is 5.06. The normalized spacial score (nSPS) is 18.8. The number of rotatable bonds is 6. The average Bonchev–Trinajstić information content (AvgIpc) is 3.22. The number of aromatic nitrogens is 3. The molecule has 38 heavy (non-hydrogen) atoms. The first-order chi connectivity index (χ1) is 18.1. The van der Waals surface area contributed by atoms with Gasteiger partial charge in [-0.2, -0.15) is 13.2 Å². The SMILES string of the molecule is Cc1c(Cc2c(CN3CCC(S(C)=O)CC3)nc3c(N)cc(N4CCOCC4)nn23)cccc1C(F)(F)F. The Morgan fingerprint density at radius 1 is 1.16 bits per heavy atom. The number of hydrogen-bond acceptors (Lipinski definition) is 7. The van der Waals surface area contributed by atoms with Gasteiger partial charge in [-0.05, 0) is 50.0 Å². The molecule has 2 saturated heterocycles. The third-order valence-corrected chi connectivity index (χ3v) is 9.01. The quantitative estimate of drug-likeness (QED) is 0.503. The molecule has 206 valence electrons. The van der Waals surface area contributed by atoms with E-state index >= 15 is 0 Å². The van der Waals surface area contributed by atoms with Gasteiger partial charge in [-0.3, -0.25) is 9.11 Å². The molecule has 1 atom stereocenters. The lowest BCUT2D eigenvalue weighted by Gasteiger charge is -2.30. The third kappa shape index (κ3) is 5.52. The highest BCUT2D eigenvalue weighted by molar-refractivity contribution is 7.84. The van der Waals surface area contributed by atoms with Crippen LogP contribution in [-0.4, -0.2) is 74.6 Å². The van der Waals surface area contributed by atoms with Gasteiger partial charge < -0.3 is 15.4 Å². The maximum absolute atomic E-state index is 13.7. The van der Waals surface area contributed by atoms with Crippen molar-refractivity contribution in [3.63, 3.8) is 0 Å². The van der Waals surface area contributed by atoms with E-state index < -0.39 is 22.5 Å². The first kappa shape index (κ1) is 26.9. The first-order valence-corrected chi connectivity index (χ1v) is 14.4. The van der Waals surface area contributed by atoms with Crippen molar-refractivity contribution in [2.75, 3.05) is 56.3 Å². The van der Waals surface area contributed by atoms with Crippen LogP contribution in [0.3, 0.4) is 0 Å². The van der Waals surface area contributed by atoms with Gasteiger partial charge in [0.15, 0.2) is 11.5 Å². The van der Waals surface area contributed by atoms with E-state index in [9.17, 15) is 17.4 Å². The zero-order chi connectivity index (χ0) is 27.0. The monoisotopic (exact) mass is 550 g/mol. The Labute approximate surface area is 222 Å². The maximum Gasteiger partial charge on any atom is 0.416 e. The smallest absolute Gasteiger partial charge is 0.396 e. The largest absolute Gasteiger partial charge is 0.416 e. The number of hydrogen-bond donors (Lipinski definition) is 1. The van der Waals surface area contributed by atoms with E-state index in [-0.39, 0.29) is 17.2 Å². The lowest BCUT2D eigenvalue weighted by Crippen LogP contribution is -2.37. The molecule has 4 heterocycles. The maximum atomic E-state index is 13.7. The Kier molecular flexibility index (Phi) is 7.65. The van der Waals surface area contributed by atoms with Crippen LogP contribution in [0.5, 0.6) is 0 Å². The van der Waals surface area contributed by atoms with Crippen molar-refractivity contribution in [3.8, 4) is 0 Å². The molecule has 0 bridgehead atoms. The van der Waals surface area contributed by atoms with Crippen molar-refractivity contribution in [2.45, 2.75) is 44.2 Å². The topological polar surface area (TPSA) is 89.0 Å². The van der Waals surface area contributed by atoms with Crippen molar-refractivity contribution in [1.82, 2.24) is 19.5 Å². The standard InChI is InChI=1S/C26H33F3N6O2S/c1-17-18(4-3-5-20(17)26(27,28)29)14-23-22(16-33-8-6-19(7-9-33)38(2)36)31-25-21(30)15-24(32-35(23)25)34-10-12-37-13-11-34/h3-5,15,19H,6-14,16,30H2,1-2H3. The average molecular weight is 551 g/mol. The molecule has 2 N–H and O–H groups in total. The number of likely N-dealkylation sites (tertiary alicyclic amines) is 1. The number of benzene rings is 1. The molecule has 8 nitrogen and oxygen atoms in total. The zero-order valence-electron chi connectivity index (χ0n) is 21.6. The van der Waals surface area contributed by atoms with Crippen molar-refractivity contribution in [1.29, 1.82) is 0 Å². The van der Waals surface area contributed by atoms with Crippen LogP contribution in [0.15, 0.2) is 24.3 Å². The van der Waals surface area contributed by atoms with Crippen LogP contribution < -0.4 is 10.6 Å². The Bertz CT molecular complexity index is 1330. The molecule has 0 radical (unpaired) electrons. The molecule has 1 unspecified atom stereocenters. The Morgan fingerprint density at radius 2 is 1.87 bits per heavy atom. The number of nitrogens with two attached hydrogens (primary N) is 1. The highest BCUT2D eigenvalue weighted by atomic mass is 32.2. The van der Waals surface area contributed by atoms with E-state index in [4.69, 9.17) is 20.6 Å². The molecule has 2 aromatic heterocycles. The summed E-state index contributed by atoms with van der Waals surface area (Å²) < 4.78 is 60.1. The Balaban J connectivity index is 1.55. The van der Waals surface area contributed by atoms with Crippen molar-refractivity contribution in [2.24, 2.45) is 0 Å². The van der Waals surface area contributed by atoms with Gasteiger partial charge in [-0.1, -0.05) is 12.1 Å². The van der Waals surface area contributed by atoms with Gasteiger partial charge in [0.25, 0.3) is 0 Å². The third-order valence-electron chi connectivity index (χ3n) is 7.60. The van der Waals surface area contributed by atoms with E-state index in [0.717, 1.165) is 43.4 Å². The number of morpholine rings is 1. The summed E-state index contributed by atoms with van der Waals surface area (Å²) in [6.07, 6.45) is -0.780. The predicted octanol–water partition coefficient (Wildman–Crippen LogP) is 3.41. The summed E-state index contributed by atoms with van der Waals surface area (Å²) in [6, 6.07) is 6.09. The second-order valence-corrected chi connectivity index (χ2v) is 11.7. The van der Waals surface area contributed by atoms with Gasteiger partial charge in [0.05, 0.1) is 35.9 Å². The van der Waals surface area contributed by atoms with Crippen LogP contribution >= 0.6 is 0 Å². The summed E-state index contributed by atoms with van der Waals surface area (Å²) in [7, 11) is -0.856. The molecule has 0 saturated carbocycles. The number of anilines is 2. The number of piperidine rings is 1. The second kappa shape index (κ2) is 10.8. The van der Waals surface area contributed by atoms with Gasteiger partial charge in [-0.15, -0.1) is 5.10 Å². The van der Waals surface area contributed by atoms with Gasteiger partial charge in [-0.25, -0.2) is 9.50 Å². The van der Waals surface area contributed by atoms with Crippen LogP contribution in [-0.2, 0) is 34.7 Å². The number of halogens is 3. The van der Waals surface area contributed by atoms with Crippen molar-refractivity contribution >= 4 is 28.0 Å². The fourth-order valence-corrected chi connectivity index (χ4v) is 6.22. The number of imidazole rings is 1. The lowest BCUT2D eigenvalue weighted by atomic mass is 9.97. The molecule has 0 amide bonds. The van der Waals surface area contributed by atoms with Crippen LogP contribution in [0.25, 0.3) is 5.65 Å². The second-order valence-electron chi connectivity index (χ2n) is 10.0. The van der Waals surface area contributed by atoms with Gasteiger partial charge in [0.2, 0.25) is 0 Å². The molecule has 2 aliphatic rings. The lowest BCUT2D eigenvalue weighted by molar-refractivity contribution is -0.138.